The molecule has 0 aliphatic carbocycles. The van der Waals surface area contributed by atoms with Gasteiger partial charge < -0.3 is 15.2 Å². The molecule has 0 bridgehead atoms. The highest BCUT2D eigenvalue weighted by molar-refractivity contribution is 6.32. The van der Waals surface area contributed by atoms with Crippen LogP contribution in [-0.2, 0) is 11.2 Å². The number of hydrogen-bond donors (Lipinski definition) is 1. The second-order valence-electron chi connectivity index (χ2n) is 7.22. The number of ether oxygens (including phenoxy) is 2. The summed E-state index contributed by atoms with van der Waals surface area (Å²) < 4.78 is 12.2. The highest BCUT2D eigenvalue weighted by Crippen LogP contribution is 2.40. The maximum absolute atomic E-state index is 6.35. The SMILES string of the molecule is CC(N)Cc1ccc(OC2CC(C)(C)OC2(C)C)c(Cl)c1. The quantitative estimate of drug-likeness (QED) is 0.915. The molecule has 1 aromatic rings. The largest absolute Gasteiger partial charge is 0.486 e. The Morgan fingerprint density at radius 3 is 2.52 bits per heavy atom. The second kappa shape index (κ2) is 5.79. The van der Waals surface area contributed by atoms with Crippen LogP contribution in [0.2, 0.25) is 5.02 Å². The summed E-state index contributed by atoms with van der Waals surface area (Å²) in [4.78, 5) is 0. The summed E-state index contributed by atoms with van der Waals surface area (Å²) in [5, 5.41) is 0.633. The van der Waals surface area contributed by atoms with Crippen LogP contribution >= 0.6 is 11.6 Å². The Kier molecular flexibility index (Phi) is 4.57. The van der Waals surface area contributed by atoms with E-state index in [9.17, 15) is 0 Å². The maximum atomic E-state index is 6.35. The van der Waals surface area contributed by atoms with Crippen molar-refractivity contribution in [2.45, 2.75) is 70.8 Å². The zero-order valence-electron chi connectivity index (χ0n) is 13.6. The van der Waals surface area contributed by atoms with Crippen LogP contribution in [0.25, 0.3) is 0 Å². The second-order valence-corrected chi connectivity index (χ2v) is 7.63. The van der Waals surface area contributed by atoms with Gasteiger partial charge in [-0.1, -0.05) is 17.7 Å². The molecule has 1 fully saturated rings. The lowest BCUT2D eigenvalue weighted by molar-refractivity contribution is -0.0845. The topological polar surface area (TPSA) is 44.5 Å². The third-order valence-corrected chi connectivity index (χ3v) is 4.11. The minimum absolute atomic E-state index is 0.00992. The highest BCUT2D eigenvalue weighted by atomic mass is 35.5. The van der Waals surface area contributed by atoms with Gasteiger partial charge in [0.05, 0.1) is 10.6 Å². The molecule has 0 saturated carbocycles. The summed E-state index contributed by atoms with van der Waals surface area (Å²) in [6, 6.07) is 6.02. The summed E-state index contributed by atoms with van der Waals surface area (Å²) >= 11 is 6.35. The van der Waals surface area contributed by atoms with E-state index in [0.717, 1.165) is 18.4 Å². The molecule has 0 aromatic heterocycles. The standard InChI is InChI=1S/C17H26ClNO2/c1-11(19)8-12-6-7-14(13(18)9-12)20-15-10-16(2,3)21-17(15,4)5/h6-7,9,11,15H,8,10,19H2,1-5H3. The summed E-state index contributed by atoms with van der Waals surface area (Å²) in [6.45, 7) is 10.3. The Hall–Kier alpha value is -0.770. The molecule has 0 spiro atoms. The molecular weight excluding hydrogens is 286 g/mol. The number of rotatable bonds is 4. The van der Waals surface area contributed by atoms with Gasteiger partial charge in [-0.3, -0.25) is 0 Å². The van der Waals surface area contributed by atoms with E-state index in [1.165, 1.54) is 0 Å². The fraction of sp³-hybridized carbons (Fsp3) is 0.647. The Bertz CT molecular complexity index is 512. The molecular formula is C17H26ClNO2. The summed E-state index contributed by atoms with van der Waals surface area (Å²) in [5.74, 6) is 0.712. The van der Waals surface area contributed by atoms with Crippen molar-refractivity contribution in [3.63, 3.8) is 0 Å². The first-order chi connectivity index (χ1) is 9.59. The lowest BCUT2D eigenvalue weighted by atomic mass is 9.97. The third kappa shape index (κ3) is 4.12. The van der Waals surface area contributed by atoms with Crippen molar-refractivity contribution < 1.29 is 9.47 Å². The first kappa shape index (κ1) is 16.6. The Morgan fingerprint density at radius 1 is 1.38 bits per heavy atom. The van der Waals surface area contributed by atoms with Crippen molar-refractivity contribution in [1.82, 2.24) is 0 Å². The number of hydrogen-bond acceptors (Lipinski definition) is 3. The minimum atomic E-state index is -0.322. The lowest BCUT2D eigenvalue weighted by Crippen LogP contribution is -2.36. The van der Waals surface area contributed by atoms with Crippen LogP contribution in [-0.4, -0.2) is 23.3 Å². The van der Waals surface area contributed by atoms with Gasteiger partial charge in [-0.25, -0.2) is 0 Å². The molecule has 1 aromatic carbocycles. The Morgan fingerprint density at radius 2 is 2.05 bits per heavy atom. The van der Waals surface area contributed by atoms with Crippen molar-refractivity contribution in [1.29, 1.82) is 0 Å². The van der Waals surface area contributed by atoms with Gasteiger partial charge in [-0.2, -0.15) is 0 Å². The van der Waals surface area contributed by atoms with E-state index in [-0.39, 0.29) is 23.3 Å². The summed E-state index contributed by atoms with van der Waals surface area (Å²) in [5.41, 5.74) is 6.46. The van der Waals surface area contributed by atoms with Crippen LogP contribution < -0.4 is 10.5 Å². The van der Waals surface area contributed by atoms with Crippen LogP contribution in [0.5, 0.6) is 5.75 Å². The molecule has 3 nitrogen and oxygen atoms in total. The van der Waals surface area contributed by atoms with Crippen LogP contribution in [0.1, 0.15) is 46.6 Å². The molecule has 2 unspecified atom stereocenters. The first-order valence-corrected chi connectivity index (χ1v) is 7.88. The van der Waals surface area contributed by atoms with Crippen molar-refractivity contribution in [2.24, 2.45) is 5.73 Å². The van der Waals surface area contributed by atoms with Crippen molar-refractivity contribution >= 4 is 11.6 Å². The molecule has 1 heterocycles. The zero-order chi connectivity index (χ0) is 15.8. The van der Waals surface area contributed by atoms with Crippen molar-refractivity contribution in [3.8, 4) is 5.75 Å². The average molecular weight is 312 g/mol. The fourth-order valence-electron chi connectivity index (χ4n) is 2.99. The summed E-state index contributed by atoms with van der Waals surface area (Å²) in [6.07, 6.45) is 1.65. The van der Waals surface area contributed by atoms with Gasteiger partial charge in [0.15, 0.2) is 0 Å². The van der Waals surface area contributed by atoms with Gasteiger partial charge >= 0.3 is 0 Å². The van der Waals surface area contributed by atoms with E-state index in [2.05, 4.69) is 27.7 Å². The molecule has 2 N–H and O–H groups in total. The van der Waals surface area contributed by atoms with Crippen molar-refractivity contribution in [3.05, 3.63) is 28.8 Å². The molecule has 0 amide bonds. The third-order valence-electron chi connectivity index (χ3n) is 3.81. The Balaban J connectivity index is 2.13. The van der Waals surface area contributed by atoms with Crippen molar-refractivity contribution in [2.75, 3.05) is 0 Å². The molecule has 2 atom stereocenters. The maximum Gasteiger partial charge on any atom is 0.138 e. The predicted molar refractivity (Wildman–Crippen MR) is 87.1 cm³/mol. The molecule has 0 radical (unpaired) electrons. The Labute approximate surface area is 132 Å². The van der Waals surface area contributed by atoms with Gasteiger partial charge in [0, 0.05) is 12.5 Å². The predicted octanol–water partition coefficient (Wildman–Crippen LogP) is 3.95. The fourth-order valence-corrected chi connectivity index (χ4v) is 3.23. The van der Waals surface area contributed by atoms with Gasteiger partial charge in [0.1, 0.15) is 17.5 Å². The lowest BCUT2D eigenvalue weighted by Gasteiger charge is -2.27. The van der Waals surface area contributed by atoms with E-state index in [4.69, 9.17) is 26.8 Å². The van der Waals surface area contributed by atoms with Gasteiger partial charge in [0.25, 0.3) is 0 Å². The monoisotopic (exact) mass is 311 g/mol. The van der Waals surface area contributed by atoms with E-state index in [1.807, 2.05) is 25.1 Å². The van der Waals surface area contributed by atoms with Gasteiger partial charge in [0.2, 0.25) is 0 Å². The average Bonchev–Trinajstić information content (AvgIpc) is 2.49. The molecule has 1 saturated heterocycles. The van der Waals surface area contributed by atoms with Crippen LogP contribution in [0.15, 0.2) is 18.2 Å². The number of nitrogens with two attached hydrogens (primary N) is 1. The van der Waals surface area contributed by atoms with Crippen LogP contribution in [0.3, 0.4) is 0 Å². The van der Waals surface area contributed by atoms with Crippen LogP contribution in [0.4, 0.5) is 0 Å². The molecule has 21 heavy (non-hydrogen) atoms. The first-order valence-electron chi connectivity index (χ1n) is 7.50. The molecule has 118 valence electrons. The molecule has 4 heteroatoms. The van der Waals surface area contributed by atoms with Gasteiger partial charge in [-0.15, -0.1) is 0 Å². The van der Waals surface area contributed by atoms with Gasteiger partial charge in [-0.05, 0) is 58.7 Å². The number of halogens is 1. The smallest absolute Gasteiger partial charge is 0.138 e. The van der Waals surface area contributed by atoms with E-state index >= 15 is 0 Å². The zero-order valence-corrected chi connectivity index (χ0v) is 14.3. The molecule has 1 aliphatic rings. The van der Waals surface area contributed by atoms with E-state index < -0.39 is 0 Å². The number of benzene rings is 1. The normalized spacial score (nSPS) is 24.8. The summed E-state index contributed by atoms with van der Waals surface area (Å²) in [7, 11) is 0. The van der Waals surface area contributed by atoms with Crippen LogP contribution in [0, 0.1) is 0 Å². The van der Waals surface area contributed by atoms with E-state index in [0.29, 0.717) is 10.8 Å². The minimum Gasteiger partial charge on any atom is -0.486 e. The highest BCUT2D eigenvalue weighted by Gasteiger charge is 2.47. The molecule has 1 aliphatic heterocycles. The molecule has 2 rings (SSSR count). The van der Waals surface area contributed by atoms with E-state index in [1.54, 1.807) is 0 Å².